The van der Waals surface area contributed by atoms with Crippen molar-refractivity contribution in [3.8, 4) is 0 Å². The lowest BCUT2D eigenvalue weighted by Gasteiger charge is -2.29. The fourth-order valence-electron chi connectivity index (χ4n) is 4.51. The molecule has 0 aliphatic carbocycles. The van der Waals surface area contributed by atoms with Gasteiger partial charge in [0.15, 0.2) is 5.82 Å². The highest BCUT2D eigenvalue weighted by atomic mass is 16.3. The zero-order valence-electron chi connectivity index (χ0n) is 19.9. The van der Waals surface area contributed by atoms with Crippen LogP contribution in [-0.2, 0) is 19.6 Å². The summed E-state index contributed by atoms with van der Waals surface area (Å²) in [6, 6.07) is 21.8. The third-order valence-electron chi connectivity index (χ3n) is 6.25. The number of aryl methyl sites for hydroxylation is 1. The van der Waals surface area contributed by atoms with Gasteiger partial charge in [-0.3, -0.25) is 9.69 Å². The highest BCUT2D eigenvalue weighted by Crippen LogP contribution is 2.27. The molecule has 1 atom stereocenters. The van der Waals surface area contributed by atoms with Gasteiger partial charge in [0.1, 0.15) is 5.76 Å². The van der Waals surface area contributed by atoms with Crippen molar-refractivity contribution in [1.82, 2.24) is 30.1 Å². The molecule has 5 rings (SSSR count). The molecule has 0 aliphatic heterocycles. The number of hydrogen-bond acceptors (Lipinski definition) is 6. The Morgan fingerprint density at radius 3 is 2.69 bits per heavy atom. The van der Waals surface area contributed by atoms with Crippen LogP contribution in [0.2, 0.25) is 0 Å². The summed E-state index contributed by atoms with van der Waals surface area (Å²) >= 11 is 0. The summed E-state index contributed by atoms with van der Waals surface area (Å²) in [5, 5.41) is 13.7. The van der Waals surface area contributed by atoms with E-state index >= 15 is 0 Å². The van der Waals surface area contributed by atoms with Crippen LogP contribution in [-0.4, -0.2) is 30.1 Å². The normalized spacial score (nSPS) is 12.4. The molecule has 0 bridgehead atoms. The van der Waals surface area contributed by atoms with Gasteiger partial charge in [0.05, 0.1) is 25.4 Å². The largest absolute Gasteiger partial charge is 0.468 e. The molecule has 3 aromatic heterocycles. The first kappa shape index (κ1) is 22.7. The summed E-state index contributed by atoms with van der Waals surface area (Å²) in [6.07, 6.45) is 2.43. The number of furan rings is 1. The van der Waals surface area contributed by atoms with Crippen molar-refractivity contribution < 1.29 is 4.42 Å². The fraction of sp³-hybridized carbons (Fsp3) is 0.259. The van der Waals surface area contributed by atoms with Gasteiger partial charge in [0.25, 0.3) is 5.56 Å². The Morgan fingerprint density at radius 2 is 1.91 bits per heavy atom. The van der Waals surface area contributed by atoms with E-state index in [9.17, 15) is 4.79 Å². The Morgan fingerprint density at radius 1 is 1.06 bits per heavy atom. The van der Waals surface area contributed by atoms with Crippen LogP contribution in [0.3, 0.4) is 0 Å². The monoisotopic (exact) mass is 468 g/mol. The van der Waals surface area contributed by atoms with Crippen LogP contribution in [0.4, 0.5) is 0 Å². The van der Waals surface area contributed by atoms with Crippen LogP contribution in [0, 0.1) is 6.92 Å². The number of nitrogens with one attached hydrogen (secondary N) is 1. The van der Waals surface area contributed by atoms with Gasteiger partial charge in [-0.05, 0) is 65.1 Å². The Kier molecular flexibility index (Phi) is 6.54. The number of fused-ring (bicyclic) bond motifs is 1. The minimum atomic E-state index is -0.119. The number of H-pyrrole nitrogens is 1. The van der Waals surface area contributed by atoms with Crippen molar-refractivity contribution in [2.45, 2.75) is 45.9 Å². The maximum Gasteiger partial charge on any atom is 0.252 e. The highest BCUT2D eigenvalue weighted by Gasteiger charge is 2.26. The lowest BCUT2D eigenvalue weighted by molar-refractivity contribution is 0.149. The van der Waals surface area contributed by atoms with Crippen LogP contribution in [0.25, 0.3) is 10.9 Å². The number of benzene rings is 2. The molecule has 1 N–H and O–H groups in total. The second-order valence-electron chi connectivity index (χ2n) is 8.80. The van der Waals surface area contributed by atoms with E-state index in [1.165, 1.54) is 0 Å². The van der Waals surface area contributed by atoms with Crippen molar-refractivity contribution >= 4 is 10.9 Å². The van der Waals surface area contributed by atoms with Crippen molar-refractivity contribution in [3.05, 3.63) is 112 Å². The van der Waals surface area contributed by atoms with E-state index in [0.717, 1.165) is 40.0 Å². The predicted molar refractivity (Wildman–Crippen MR) is 134 cm³/mol. The number of hydrogen-bond donors (Lipinski definition) is 1. The van der Waals surface area contributed by atoms with Crippen LogP contribution in [0.1, 0.15) is 47.7 Å². The van der Waals surface area contributed by atoms with E-state index < -0.39 is 0 Å². The summed E-state index contributed by atoms with van der Waals surface area (Å²) in [6.45, 7) is 5.68. The van der Waals surface area contributed by atoms with Gasteiger partial charge in [-0.2, -0.15) is 0 Å². The third kappa shape index (κ3) is 5.07. The van der Waals surface area contributed by atoms with Crippen molar-refractivity contribution in [3.63, 3.8) is 0 Å². The van der Waals surface area contributed by atoms with Crippen LogP contribution in [0.5, 0.6) is 0 Å². The molecular weight excluding hydrogens is 440 g/mol. The molecule has 8 nitrogen and oxygen atoms in total. The molecule has 2 aromatic carbocycles. The number of aromatic nitrogens is 5. The van der Waals surface area contributed by atoms with E-state index in [1.807, 2.05) is 60.1 Å². The number of nitrogens with zero attached hydrogens (tertiary/aromatic N) is 5. The van der Waals surface area contributed by atoms with E-state index in [4.69, 9.17) is 4.42 Å². The molecule has 0 fully saturated rings. The third-order valence-corrected chi connectivity index (χ3v) is 6.25. The van der Waals surface area contributed by atoms with Gasteiger partial charge >= 0.3 is 0 Å². The smallest absolute Gasteiger partial charge is 0.252 e. The molecule has 0 amide bonds. The molecule has 178 valence electrons. The molecule has 3 heterocycles. The molecule has 0 spiro atoms. The zero-order chi connectivity index (χ0) is 24.2. The first-order valence-corrected chi connectivity index (χ1v) is 11.8. The molecule has 0 aliphatic rings. The first-order valence-electron chi connectivity index (χ1n) is 11.8. The van der Waals surface area contributed by atoms with E-state index in [1.54, 1.807) is 6.26 Å². The van der Waals surface area contributed by atoms with Crippen molar-refractivity contribution in [1.29, 1.82) is 0 Å². The summed E-state index contributed by atoms with van der Waals surface area (Å²) in [5.41, 5.74) is 3.70. The minimum Gasteiger partial charge on any atom is -0.468 e. The Labute approximate surface area is 203 Å². The number of pyridine rings is 1. The molecule has 0 saturated carbocycles. The zero-order valence-corrected chi connectivity index (χ0v) is 19.9. The average Bonchev–Trinajstić information content (AvgIpc) is 3.54. The molecular formula is C27H28N6O2. The number of aromatic amines is 1. The van der Waals surface area contributed by atoms with Crippen LogP contribution in [0.15, 0.2) is 82.2 Å². The molecule has 8 heteroatoms. The van der Waals surface area contributed by atoms with Gasteiger partial charge in [-0.1, -0.05) is 48.9 Å². The van der Waals surface area contributed by atoms with Crippen LogP contribution >= 0.6 is 0 Å². The summed E-state index contributed by atoms with van der Waals surface area (Å²) in [7, 11) is 0. The van der Waals surface area contributed by atoms with E-state index in [0.29, 0.717) is 25.2 Å². The second kappa shape index (κ2) is 10.1. The standard InChI is InChI=1S/C27H28N6O2/c1-3-25(26-29-30-31-33(26)16-20-8-5-4-6-9-20)32(18-23-10-7-13-35-23)17-22-15-21-14-19(2)11-12-24(21)28-27(22)34/h4-15,25H,3,16-18H2,1-2H3,(H,28,34). The summed E-state index contributed by atoms with van der Waals surface area (Å²) in [4.78, 5) is 18.3. The lowest BCUT2D eigenvalue weighted by atomic mass is 10.1. The first-order chi connectivity index (χ1) is 17.1. The number of rotatable bonds is 9. The van der Waals surface area contributed by atoms with E-state index in [2.05, 4.69) is 50.5 Å². The Bertz CT molecular complexity index is 1460. The SMILES string of the molecule is CCC(c1nnnn1Cc1ccccc1)N(Cc1ccco1)Cc1cc2cc(C)ccc2[nH]c1=O. The maximum atomic E-state index is 13.0. The van der Waals surface area contributed by atoms with Gasteiger partial charge < -0.3 is 9.40 Å². The molecule has 0 radical (unpaired) electrons. The van der Waals surface area contributed by atoms with Gasteiger partial charge in [0, 0.05) is 17.6 Å². The van der Waals surface area contributed by atoms with Crippen LogP contribution < -0.4 is 5.56 Å². The fourth-order valence-corrected chi connectivity index (χ4v) is 4.51. The molecule has 35 heavy (non-hydrogen) atoms. The quantitative estimate of drug-likeness (QED) is 0.339. The van der Waals surface area contributed by atoms with Crippen molar-refractivity contribution in [2.24, 2.45) is 0 Å². The summed E-state index contributed by atoms with van der Waals surface area (Å²) in [5.74, 6) is 1.58. The van der Waals surface area contributed by atoms with Crippen molar-refractivity contribution in [2.75, 3.05) is 0 Å². The second-order valence-corrected chi connectivity index (χ2v) is 8.80. The maximum absolute atomic E-state index is 13.0. The van der Waals surface area contributed by atoms with Gasteiger partial charge in [-0.15, -0.1) is 5.10 Å². The highest BCUT2D eigenvalue weighted by molar-refractivity contribution is 5.79. The Balaban J connectivity index is 1.51. The molecule has 5 aromatic rings. The minimum absolute atomic E-state index is 0.0930. The summed E-state index contributed by atoms with van der Waals surface area (Å²) < 4.78 is 7.51. The number of tetrazole rings is 1. The van der Waals surface area contributed by atoms with Gasteiger partial charge in [0.2, 0.25) is 0 Å². The molecule has 0 saturated heterocycles. The topological polar surface area (TPSA) is 92.8 Å². The molecule has 1 unspecified atom stereocenters. The Hall–Kier alpha value is -4.04. The lowest BCUT2D eigenvalue weighted by Crippen LogP contribution is -2.32. The van der Waals surface area contributed by atoms with Gasteiger partial charge in [-0.25, -0.2) is 4.68 Å². The van der Waals surface area contributed by atoms with E-state index in [-0.39, 0.29) is 11.6 Å². The predicted octanol–water partition coefficient (Wildman–Crippen LogP) is 4.62. The average molecular weight is 469 g/mol.